The highest BCUT2D eigenvalue weighted by Gasteiger charge is 2.15. The number of hydrogen-bond donors (Lipinski definition) is 2. The number of rotatable bonds is 4. The Hall–Kier alpha value is -2.50. The van der Waals surface area contributed by atoms with Gasteiger partial charge in [-0.25, -0.2) is 4.68 Å². The van der Waals surface area contributed by atoms with E-state index in [1.54, 1.807) is 35.1 Å². The van der Waals surface area contributed by atoms with E-state index in [2.05, 4.69) is 10.4 Å². The van der Waals surface area contributed by atoms with Crippen molar-refractivity contribution in [3.63, 3.8) is 0 Å². The van der Waals surface area contributed by atoms with Crippen molar-refractivity contribution in [2.75, 3.05) is 18.2 Å². The predicted molar refractivity (Wildman–Crippen MR) is 78.0 cm³/mol. The maximum absolute atomic E-state index is 12.3. The fourth-order valence-corrected chi connectivity index (χ4v) is 1.93. The molecule has 1 amide bonds. The molecule has 6 heteroatoms. The molecule has 2 aromatic rings. The van der Waals surface area contributed by atoms with Gasteiger partial charge in [0.05, 0.1) is 24.6 Å². The van der Waals surface area contributed by atoms with E-state index in [-0.39, 0.29) is 11.9 Å². The lowest BCUT2D eigenvalue weighted by molar-refractivity contribution is 0.102. The van der Waals surface area contributed by atoms with Crippen LogP contribution >= 0.6 is 0 Å². The van der Waals surface area contributed by atoms with Gasteiger partial charge >= 0.3 is 0 Å². The number of carbonyl (C=O) groups excluding carboxylic acids is 1. The average Bonchev–Trinajstić information content (AvgIpc) is 2.87. The van der Waals surface area contributed by atoms with Crippen molar-refractivity contribution in [1.29, 1.82) is 0 Å². The van der Waals surface area contributed by atoms with Crippen LogP contribution in [0.2, 0.25) is 0 Å². The molecule has 0 aliphatic rings. The summed E-state index contributed by atoms with van der Waals surface area (Å²) in [5.41, 5.74) is 6.61. The Morgan fingerprint density at radius 3 is 2.80 bits per heavy atom. The van der Waals surface area contributed by atoms with Crippen molar-refractivity contribution in [3.05, 3.63) is 36.0 Å². The number of benzene rings is 1. The number of nitrogens with zero attached hydrogens (tertiary/aromatic N) is 2. The standard InChI is InChI=1S/C14H18N4O2/c1-9(2)18-12(7-8-16-18)17-14(19)10-5-4-6-11(20-3)13(10)15/h4-9H,15H2,1-3H3,(H,17,19). The summed E-state index contributed by atoms with van der Waals surface area (Å²) in [6, 6.07) is 6.99. The van der Waals surface area contributed by atoms with Crippen LogP contribution in [0.3, 0.4) is 0 Å². The summed E-state index contributed by atoms with van der Waals surface area (Å²) in [7, 11) is 1.52. The van der Waals surface area contributed by atoms with Crippen LogP contribution in [0.25, 0.3) is 0 Å². The van der Waals surface area contributed by atoms with Crippen molar-refractivity contribution in [1.82, 2.24) is 9.78 Å². The Morgan fingerprint density at radius 2 is 2.15 bits per heavy atom. The number of amides is 1. The molecule has 3 N–H and O–H groups in total. The van der Waals surface area contributed by atoms with Crippen LogP contribution in [-0.2, 0) is 0 Å². The van der Waals surface area contributed by atoms with Crippen LogP contribution in [0.1, 0.15) is 30.2 Å². The maximum atomic E-state index is 12.3. The molecule has 20 heavy (non-hydrogen) atoms. The minimum absolute atomic E-state index is 0.156. The molecule has 0 saturated heterocycles. The predicted octanol–water partition coefficient (Wildman–Crippen LogP) is 2.31. The largest absolute Gasteiger partial charge is 0.495 e. The lowest BCUT2D eigenvalue weighted by Crippen LogP contribution is -2.18. The molecule has 1 heterocycles. The lowest BCUT2D eigenvalue weighted by Gasteiger charge is -2.13. The van der Waals surface area contributed by atoms with Crippen molar-refractivity contribution < 1.29 is 9.53 Å². The fraction of sp³-hybridized carbons (Fsp3) is 0.286. The van der Waals surface area contributed by atoms with E-state index in [0.717, 1.165) is 0 Å². The summed E-state index contributed by atoms with van der Waals surface area (Å²) < 4.78 is 6.84. The van der Waals surface area contributed by atoms with Crippen LogP contribution in [-0.4, -0.2) is 22.8 Å². The Bertz CT molecular complexity index is 619. The summed E-state index contributed by atoms with van der Waals surface area (Å²) in [5.74, 6) is 0.825. The first kappa shape index (κ1) is 13.9. The Kier molecular flexibility index (Phi) is 3.93. The van der Waals surface area contributed by atoms with Gasteiger partial charge in [0, 0.05) is 12.1 Å². The number of para-hydroxylation sites is 1. The molecular formula is C14H18N4O2. The minimum atomic E-state index is -0.288. The highest BCUT2D eigenvalue weighted by Crippen LogP contribution is 2.25. The third-order valence-corrected chi connectivity index (χ3v) is 2.93. The second-order valence-corrected chi connectivity index (χ2v) is 4.63. The highest BCUT2D eigenvalue weighted by molar-refractivity contribution is 6.08. The van der Waals surface area contributed by atoms with Gasteiger partial charge in [-0.1, -0.05) is 6.07 Å². The van der Waals surface area contributed by atoms with E-state index in [1.165, 1.54) is 7.11 Å². The van der Waals surface area contributed by atoms with Crippen molar-refractivity contribution in [3.8, 4) is 5.75 Å². The lowest BCUT2D eigenvalue weighted by atomic mass is 10.1. The molecule has 0 aliphatic carbocycles. The zero-order valence-corrected chi connectivity index (χ0v) is 11.8. The number of nitrogen functional groups attached to an aromatic ring is 1. The van der Waals surface area contributed by atoms with Crippen LogP contribution in [0.15, 0.2) is 30.5 Å². The number of carbonyl (C=O) groups is 1. The average molecular weight is 274 g/mol. The topological polar surface area (TPSA) is 82.2 Å². The summed E-state index contributed by atoms with van der Waals surface area (Å²) in [6.07, 6.45) is 1.64. The van der Waals surface area contributed by atoms with Crippen molar-refractivity contribution >= 4 is 17.4 Å². The number of aromatic nitrogens is 2. The van der Waals surface area contributed by atoms with Gasteiger partial charge in [0.2, 0.25) is 0 Å². The molecule has 0 unspecified atom stereocenters. The molecule has 0 aliphatic heterocycles. The molecule has 6 nitrogen and oxygen atoms in total. The number of anilines is 2. The van der Waals surface area contributed by atoms with E-state index in [4.69, 9.17) is 10.5 Å². The monoisotopic (exact) mass is 274 g/mol. The molecule has 0 atom stereocenters. The van der Waals surface area contributed by atoms with E-state index in [1.807, 2.05) is 13.8 Å². The van der Waals surface area contributed by atoms with E-state index in [9.17, 15) is 4.79 Å². The van der Waals surface area contributed by atoms with E-state index >= 15 is 0 Å². The van der Waals surface area contributed by atoms with Gasteiger partial charge in [0.15, 0.2) is 0 Å². The first-order valence-corrected chi connectivity index (χ1v) is 6.32. The first-order chi connectivity index (χ1) is 9.54. The normalized spacial score (nSPS) is 10.6. The SMILES string of the molecule is COc1cccc(C(=O)Nc2ccnn2C(C)C)c1N. The third kappa shape index (κ3) is 2.59. The van der Waals surface area contributed by atoms with Crippen LogP contribution in [0.4, 0.5) is 11.5 Å². The molecular weight excluding hydrogens is 256 g/mol. The van der Waals surface area contributed by atoms with Crippen molar-refractivity contribution in [2.45, 2.75) is 19.9 Å². The van der Waals surface area contributed by atoms with E-state index in [0.29, 0.717) is 22.8 Å². The number of methoxy groups -OCH3 is 1. The molecule has 0 bridgehead atoms. The van der Waals surface area contributed by atoms with Crippen LogP contribution in [0, 0.1) is 0 Å². The van der Waals surface area contributed by atoms with Crippen LogP contribution < -0.4 is 15.8 Å². The zero-order valence-electron chi connectivity index (χ0n) is 11.8. The zero-order chi connectivity index (χ0) is 14.7. The number of ether oxygens (including phenoxy) is 1. The quantitative estimate of drug-likeness (QED) is 0.838. The first-order valence-electron chi connectivity index (χ1n) is 6.32. The smallest absolute Gasteiger partial charge is 0.259 e. The molecule has 0 saturated carbocycles. The summed E-state index contributed by atoms with van der Waals surface area (Å²) >= 11 is 0. The van der Waals surface area contributed by atoms with Gasteiger partial charge in [-0.2, -0.15) is 5.10 Å². The summed E-state index contributed by atoms with van der Waals surface area (Å²) in [6.45, 7) is 3.98. The molecule has 2 rings (SSSR count). The van der Waals surface area contributed by atoms with Crippen LogP contribution in [0.5, 0.6) is 5.75 Å². The van der Waals surface area contributed by atoms with Gasteiger partial charge in [-0.3, -0.25) is 4.79 Å². The minimum Gasteiger partial charge on any atom is -0.495 e. The van der Waals surface area contributed by atoms with Gasteiger partial charge < -0.3 is 15.8 Å². The van der Waals surface area contributed by atoms with Gasteiger partial charge in [0.1, 0.15) is 11.6 Å². The molecule has 0 radical (unpaired) electrons. The Balaban J connectivity index is 2.27. The molecule has 1 aromatic carbocycles. The van der Waals surface area contributed by atoms with Crippen molar-refractivity contribution in [2.24, 2.45) is 0 Å². The molecule has 0 fully saturated rings. The molecule has 106 valence electrons. The third-order valence-electron chi connectivity index (χ3n) is 2.93. The second-order valence-electron chi connectivity index (χ2n) is 4.63. The second kappa shape index (κ2) is 5.64. The van der Waals surface area contributed by atoms with E-state index < -0.39 is 0 Å². The fourth-order valence-electron chi connectivity index (χ4n) is 1.93. The Labute approximate surface area is 117 Å². The Morgan fingerprint density at radius 1 is 1.40 bits per heavy atom. The molecule has 0 spiro atoms. The van der Waals surface area contributed by atoms with Gasteiger partial charge in [0.25, 0.3) is 5.91 Å². The maximum Gasteiger partial charge on any atom is 0.259 e. The van der Waals surface area contributed by atoms with Gasteiger partial charge in [-0.15, -0.1) is 0 Å². The number of hydrogen-bond acceptors (Lipinski definition) is 4. The number of nitrogens with one attached hydrogen (secondary N) is 1. The van der Waals surface area contributed by atoms with Gasteiger partial charge in [-0.05, 0) is 26.0 Å². The summed E-state index contributed by atoms with van der Waals surface area (Å²) in [5, 5.41) is 6.97. The molecule has 1 aromatic heterocycles. The number of nitrogens with two attached hydrogens (primary N) is 1. The highest BCUT2D eigenvalue weighted by atomic mass is 16.5. The summed E-state index contributed by atoms with van der Waals surface area (Å²) in [4.78, 5) is 12.3.